The maximum Gasteiger partial charge on any atom is 0.265 e. The normalized spacial score (nSPS) is 18.1. The molecule has 3 rings (SSSR count). The van der Waals surface area contributed by atoms with Gasteiger partial charge in [0, 0.05) is 18.7 Å². The standard InChI is InChI=1S/C14H15N3O3S/c18-12-3-4-13(19)17(15-12)8-14(20)16-6-1-2-11(16)10-5-7-21-9-10/h3-5,7,9,11H,1-2,6,8H2,(H,15,18). The van der Waals surface area contributed by atoms with Crippen molar-refractivity contribution < 1.29 is 4.79 Å². The average Bonchev–Trinajstić information content (AvgIpc) is 3.12. The summed E-state index contributed by atoms with van der Waals surface area (Å²) in [5.41, 5.74) is 0.368. The highest BCUT2D eigenvalue weighted by molar-refractivity contribution is 7.07. The molecule has 21 heavy (non-hydrogen) atoms. The van der Waals surface area contributed by atoms with E-state index in [-0.39, 0.29) is 24.1 Å². The zero-order valence-corrected chi connectivity index (χ0v) is 12.1. The third kappa shape index (κ3) is 2.82. The highest BCUT2D eigenvalue weighted by Crippen LogP contribution is 2.33. The summed E-state index contributed by atoms with van der Waals surface area (Å²) < 4.78 is 1.06. The summed E-state index contributed by atoms with van der Waals surface area (Å²) in [6.07, 6.45) is 1.88. The van der Waals surface area contributed by atoms with Crippen molar-refractivity contribution in [3.05, 3.63) is 55.2 Å². The molecule has 0 aromatic carbocycles. The second-order valence-corrected chi connectivity index (χ2v) is 5.82. The molecule has 2 aromatic heterocycles. The molecule has 0 aliphatic carbocycles. The Labute approximate surface area is 124 Å². The highest BCUT2D eigenvalue weighted by atomic mass is 32.1. The number of aromatic amines is 1. The maximum atomic E-state index is 12.4. The number of hydrogen-bond donors (Lipinski definition) is 1. The van der Waals surface area contributed by atoms with Gasteiger partial charge in [-0.05, 0) is 35.2 Å². The van der Waals surface area contributed by atoms with Crippen LogP contribution in [0.4, 0.5) is 0 Å². The van der Waals surface area contributed by atoms with Crippen molar-refractivity contribution in [3.63, 3.8) is 0 Å². The molecule has 110 valence electrons. The topological polar surface area (TPSA) is 75.2 Å². The first kappa shape index (κ1) is 13.8. The number of likely N-dealkylation sites (tertiary alicyclic amines) is 1. The van der Waals surface area contributed by atoms with Gasteiger partial charge in [0.1, 0.15) is 6.54 Å². The van der Waals surface area contributed by atoms with Gasteiger partial charge in [-0.2, -0.15) is 11.3 Å². The second kappa shape index (κ2) is 5.69. The lowest BCUT2D eigenvalue weighted by atomic mass is 10.1. The van der Waals surface area contributed by atoms with Crippen molar-refractivity contribution >= 4 is 17.2 Å². The van der Waals surface area contributed by atoms with Crippen molar-refractivity contribution in [3.8, 4) is 0 Å². The lowest BCUT2D eigenvalue weighted by Gasteiger charge is -2.24. The smallest absolute Gasteiger partial charge is 0.265 e. The minimum atomic E-state index is -0.391. The molecule has 1 unspecified atom stereocenters. The fourth-order valence-corrected chi connectivity index (χ4v) is 3.39. The van der Waals surface area contributed by atoms with Gasteiger partial charge in [0.2, 0.25) is 5.91 Å². The molecular formula is C14H15N3O3S. The van der Waals surface area contributed by atoms with Crippen LogP contribution in [-0.2, 0) is 11.3 Å². The van der Waals surface area contributed by atoms with Gasteiger partial charge in [0.25, 0.3) is 11.1 Å². The van der Waals surface area contributed by atoms with E-state index >= 15 is 0 Å². The lowest BCUT2D eigenvalue weighted by Crippen LogP contribution is -2.38. The Morgan fingerprint density at radius 2 is 2.19 bits per heavy atom. The molecule has 1 fully saturated rings. The largest absolute Gasteiger partial charge is 0.334 e. The molecule has 0 saturated carbocycles. The number of aromatic nitrogens is 2. The second-order valence-electron chi connectivity index (χ2n) is 5.04. The summed E-state index contributed by atoms with van der Waals surface area (Å²) in [7, 11) is 0. The van der Waals surface area contributed by atoms with E-state index in [4.69, 9.17) is 0 Å². The van der Waals surface area contributed by atoms with E-state index in [1.54, 1.807) is 16.2 Å². The zero-order valence-electron chi connectivity index (χ0n) is 11.3. The van der Waals surface area contributed by atoms with E-state index in [1.807, 2.05) is 16.8 Å². The van der Waals surface area contributed by atoms with Crippen LogP contribution in [0.15, 0.2) is 38.5 Å². The Morgan fingerprint density at radius 3 is 2.95 bits per heavy atom. The van der Waals surface area contributed by atoms with E-state index in [0.717, 1.165) is 29.2 Å². The van der Waals surface area contributed by atoms with Gasteiger partial charge in [-0.3, -0.25) is 19.5 Å². The Balaban J connectivity index is 1.80. The molecule has 1 aliphatic rings. The number of carbonyl (C=O) groups excluding carboxylic acids is 1. The van der Waals surface area contributed by atoms with Crippen LogP contribution >= 0.6 is 11.3 Å². The van der Waals surface area contributed by atoms with Gasteiger partial charge in [-0.25, -0.2) is 4.68 Å². The first-order valence-electron chi connectivity index (χ1n) is 6.77. The maximum absolute atomic E-state index is 12.4. The monoisotopic (exact) mass is 305 g/mol. The zero-order chi connectivity index (χ0) is 14.8. The fourth-order valence-electron chi connectivity index (χ4n) is 2.68. The quantitative estimate of drug-likeness (QED) is 0.918. The van der Waals surface area contributed by atoms with E-state index in [2.05, 4.69) is 5.10 Å². The highest BCUT2D eigenvalue weighted by Gasteiger charge is 2.30. The first-order valence-corrected chi connectivity index (χ1v) is 7.71. The van der Waals surface area contributed by atoms with Crippen molar-refractivity contribution in [2.45, 2.75) is 25.4 Å². The van der Waals surface area contributed by atoms with Crippen LogP contribution in [0.1, 0.15) is 24.4 Å². The number of H-pyrrole nitrogens is 1. The van der Waals surface area contributed by atoms with Gasteiger partial charge in [-0.1, -0.05) is 0 Å². The minimum Gasteiger partial charge on any atom is -0.334 e. The number of amides is 1. The molecule has 1 saturated heterocycles. The number of carbonyl (C=O) groups is 1. The van der Waals surface area contributed by atoms with Crippen molar-refractivity contribution in [2.75, 3.05) is 6.54 Å². The molecule has 6 nitrogen and oxygen atoms in total. The molecule has 1 aliphatic heterocycles. The molecule has 0 spiro atoms. The van der Waals surface area contributed by atoms with Gasteiger partial charge < -0.3 is 4.90 Å². The summed E-state index contributed by atoms with van der Waals surface area (Å²) in [4.78, 5) is 37.1. The summed E-state index contributed by atoms with van der Waals surface area (Å²) in [6.45, 7) is 0.556. The molecule has 7 heteroatoms. The van der Waals surface area contributed by atoms with Crippen LogP contribution in [-0.4, -0.2) is 27.1 Å². The predicted molar refractivity (Wildman–Crippen MR) is 79.3 cm³/mol. The summed E-state index contributed by atoms with van der Waals surface area (Å²) in [5.74, 6) is -0.146. The van der Waals surface area contributed by atoms with Crippen LogP contribution in [0, 0.1) is 0 Å². The number of nitrogens with zero attached hydrogens (tertiary/aromatic N) is 2. The molecule has 2 aromatic rings. The number of thiophene rings is 1. The lowest BCUT2D eigenvalue weighted by molar-refractivity contribution is -0.133. The molecule has 1 atom stereocenters. The van der Waals surface area contributed by atoms with Gasteiger partial charge in [0.05, 0.1) is 6.04 Å². The van der Waals surface area contributed by atoms with Crippen LogP contribution in [0.3, 0.4) is 0 Å². The van der Waals surface area contributed by atoms with Gasteiger partial charge in [-0.15, -0.1) is 0 Å². The van der Waals surface area contributed by atoms with E-state index in [1.165, 1.54) is 6.07 Å². The predicted octanol–water partition coefficient (Wildman–Crippen LogP) is 0.962. The number of hydrogen-bond acceptors (Lipinski definition) is 4. The van der Waals surface area contributed by atoms with Crippen molar-refractivity contribution in [2.24, 2.45) is 0 Å². The van der Waals surface area contributed by atoms with Crippen molar-refractivity contribution in [1.82, 2.24) is 14.7 Å². The van der Waals surface area contributed by atoms with E-state index in [0.29, 0.717) is 6.54 Å². The summed E-state index contributed by atoms with van der Waals surface area (Å²) >= 11 is 1.61. The third-order valence-corrected chi connectivity index (χ3v) is 4.38. The van der Waals surface area contributed by atoms with E-state index in [9.17, 15) is 14.4 Å². The number of nitrogens with one attached hydrogen (secondary N) is 1. The summed E-state index contributed by atoms with van der Waals surface area (Å²) in [5, 5.41) is 6.43. The molecule has 0 bridgehead atoms. The van der Waals surface area contributed by atoms with Gasteiger partial charge >= 0.3 is 0 Å². The first-order chi connectivity index (χ1) is 10.1. The van der Waals surface area contributed by atoms with E-state index < -0.39 is 5.56 Å². The minimum absolute atomic E-state index is 0.0786. The Kier molecular flexibility index (Phi) is 3.74. The molecular weight excluding hydrogens is 290 g/mol. The van der Waals surface area contributed by atoms with Crippen LogP contribution < -0.4 is 11.1 Å². The van der Waals surface area contributed by atoms with Crippen molar-refractivity contribution in [1.29, 1.82) is 0 Å². The van der Waals surface area contributed by atoms with Gasteiger partial charge in [0.15, 0.2) is 0 Å². The van der Waals surface area contributed by atoms with Crippen LogP contribution in [0.25, 0.3) is 0 Å². The van der Waals surface area contributed by atoms with Crippen LogP contribution in [0.2, 0.25) is 0 Å². The Hall–Kier alpha value is -2.15. The Bertz CT molecular complexity index is 747. The number of rotatable bonds is 3. The third-order valence-electron chi connectivity index (χ3n) is 3.68. The van der Waals surface area contributed by atoms with Crippen LogP contribution in [0.5, 0.6) is 0 Å². The SMILES string of the molecule is O=C(Cn1[nH]c(=O)ccc1=O)N1CCCC1c1ccsc1. The Morgan fingerprint density at radius 1 is 1.33 bits per heavy atom. The molecule has 1 amide bonds. The average molecular weight is 305 g/mol. The molecule has 3 heterocycles. The molecule has 0 radical (unpaired) electrons. The fraction of sp³-hybridized carbons (Fsp3) is 0.357. The molecule has 1 N–H and O–H groups in total. The summed E-state index contributed by atoms with van der Waals surface area (Å²) in [6, 6.07) is 4.44.